The number of hydrogen-bond donors (Lipinski definition) is 1. The molecule has 0 amide bonds. The van der Waals surface area contributed by atoms with Gasteiger partial charge < -0.3 is 5.32 Å². The average Bonchev–Trinajstić information content (AvgIpc) is 2.29. The monoisotopic (exact) mass is 278 g/mol. The minimum atomic E-state index is -3.90. The molecule has 0 aliphatic carbocycles. The zero-order valence-electron chi connectivity index (χ0n) is 10.2. The van der Waals surface area contributed by atoms with E-state index in [1.165, 1.54) is 6.07 Å². The highest BCUT2D eigenvalue weighted by Gasteiger charge is 2.25. The van der Waals surface area contributed by atoms with Crippen molar-refractivity contribution in [2.24, 2.45) is 0 Å². The number of benzene rings is 1. The molecule has 0 aliphatic heterocycles. The molecule has 0 unspecified atom stereocenters. The SMILES string of the molecule is CCNc1ccccc1S(=O)(=O)N(C)CC(F)F. The van der Waals surface area contributed by atoms with Crippen molar-refractivity contribution in [3.05, 3.63) is 24.3 Å². The highest BCUT2D eigenvalue weighted by atomic mass is 32.2. The molecule has 1 aromatic rings. The smallest absolute Gasteiger partial charge is 0.252 e. The number of rotatable bonds is 6. The molecule has 0 aromatic heterocycles. The highest BCUT2D eigenvalue weighted by molar-refractivity contribution is 7.89. The second kappa shape index (κ2) is 6.10. The lowest BCUT2D eigenvalue weighted by molar-refractivity contribution is 0.126. The molecule has 0 atom stereocenters. The van der Waals surface area contributed by atoms with E-state index in [1.54, 1.807) is 18.2 Å². The first-order valence-corrected chi connectivity index (χ1v) is 6.91. The van der Waals surface area contributed by atoms with Crippen LogP contribution in [-0.4, -0.2) is 39.3 Å². The van der Waals surface area contributed by atoms with Crippen LogP contribution in [0.1, 0.15) is 6.92 Å². The summed E-state index contributed by atoms with van der Waals surface area (Å²) in [7, 11) is -2.75. The van der Waals surface area contributed by atoms with Gasteiger partial charge in [0.05, 0.1) is 12.2 Å². The van der Waals surface area contributed by atoms with Crippen molar-refractivity contribution in [1.29, 1.82) is 0 Å². The van der Waals surface area contributed by atoms with Gasteiger partial charge in [0, 0.05) is 13.6 Å². The van der Waals surface area contributed by atoms with Gasteiger partial charge in [-0.05, 0) is 19.1 Å². The van der Waals surface area contributed by atoms with Gasteiger partial charge in [0.25, 0.3) is 6.43 Å². The van der Waals surface area contributed by atoms with Crippen LogP contribution in [0.4, 0.5) is 14.5 Å². The van der Waals surface area contributed by atoms with Gasteiger partial charge in [-0.25, -0.2) is 17.2 Å². The van der Waals surface area contributed by atoms with Gasteiger partial charge in [-0.3, -0.25) is 0 Å². The molecule has 0 spiro atoms. The van der Waals surface area contributed by atoms with Crippen LogP contribution in [0.25, 0.3) is 0 Å². The van der Waals surface area contributed by atoms with Crippen LogP contribution in [-0.2, 0) is 10.0 Å². The largest absolute Gasteiger partial charge is 0.384 e. The second-order valence-electron chi connectivity index (χ2n) is 3.70. The number of halogens is 2. The Morgan fingerprint density at radius 3 is 2.50 bits per heavy atom. The third-order valence-electron chi connectivity index (χ3n) is 2.34. The summed E-state index contributed by atoms with van der Waals surface area (Å²) in [5, 5.41) is 2.90. The van der Waals surface area contributed by atoms with Crippen molar-refractivity contribution in [1.82, 2.24) is 4.31 Å². The van der Waals surface area contributed by atoms with Gasteiger partial charge in [0.2, 0.25) is 10.0 Å². The maximum Gasteiger partial charge on any atom is 0.252 e. The van der Waals surface area contributed by atoms with E-state index in [0.29, 0.717) is 16.5 Å². The summed E-state index contributed by atoms with van der Waals surface area (Å²) in [4.78, 5) is 0.00926. The predicted molar refractivity (Wildman–Crippen MR) is 66.4 cm³/mol. The third-order valence-corrected chi connectivity index (χ3v) is 4.22. The van der Waals surface area contributed by atoms with Gasteiger partial charge in [-0.1, -0.05) is 12.1 Å². The number of alkyl halides is 2. The molecular formula is C11H16F2N2O2S. The molecule has 4 nitrogen and oxygen atoms in total. The molecule has 1 rings (SSSR count). The van der Waals surface area contributed by atoms with Crippen LogP contribution < -0.4 is 5.32 Å². The Balaban J connectivity index is 3.11. The molecule has 0 bridgehead atoms. The molecule has 0 fully saturated rings. The molecule has 18 heavy (non-hydrogen) atoms. The molecule has 0 saturated heterocycles. The zero-order chi connectivity index (χ0) is 13.8. The van der Waals surface area contributed by atoms with Crippen LogP contribution in [0.5, 0.6) is 0 Å². The molecule has 0 radical (unpaired) electrons. The first-order chi connectivity index (χ1) is 8.39. The molecule has 102 valence electrons. The number of para-hydroxylation sites is 1. The van der Waals surface area contributed by atoms with Crippen LogP contribution in [0.2, 0.25) is 0 Å². The predicted octanol–water partition coefficient (Wildman–Crippen LogP) is 2.00. The summed E-state index contributed by atoms with van der Waals surface area (Å²) < 4.78 is 49.4. The number of nitrogens with one attached hydrogen (secondary N) is 1. The number of nitrogens with zero attached hydrogens (tertiary/aromatic N) is 1. The van der Waals surface area contributed by atoms with Crippen molar-refractivity contribution < 1.29 is 17.2 Å². The number of sulfonamides is 1. The van der Waals surface area contributed by atoms with Crippen LogP contribution in [0.15, 0.2) is 29.2 Å². The molecule has 0 aliphatic rings. The topological polar surface area (TPSA) is 49.4 Å². The Morgan fingerprint density at radius 1 is 1.33 bits per heavy atom. The fraction of sp³-hybridized carbons (Fsp3) is 0.455. The molecule has 0 saturated carbocycles. The standard InChI is InChI=1S/C11H16F2N2O2S/c1-3-14-9-6-4-5-7-10(9)18(16,17)15(2)8-11(12)13/h4-7,11,14H,3,8H2,1-2H3. The summed E-state index contributed by atoms with van der Waals surface area (Å²) in [5.74, 6) is 0. The van der Waals surface area contributed by atoms with Crippen molar-refractivity contribution in [3.8, 4) is 0 Å². The fourth-order valence-corrected chi connectivity index (χ4v) is 2.80. The Labute approximate surface area is 106 Å². The summed E-state index contributed by atoms with van der Waals surface area (Å²) in [6.07, 6.45) is -2.70. The molecular weight excluding hydrogens is 262 g/mol. The summed E-state index contributed by atoms with van der Waals surface area (Å²) in [6, 6.07) is 6.25. The Morgan fingerprint density at radius 2 is 1.94 bits per heavy atom. The maximum absolute atomic E-state index is 12.3. The summed E-state index contributed by atoms with van der Waals surface area (Å²) in [6.45, 7) is 1.56. The Bertz CT molecular complexity index is 492. The van der Waals surface area contributed by atoms with E-state index >= 15 is 0 Å². The van der Waals surface area contributed by atoms with Gasteiger partial charge in [-0.15, -0.1) is 0 Å². The minimum absolute atomic E-state index is 0.00926. The number of hydrogen-bond acceptors (Lipinski definition) is 3. The molecule has 0 heterocycles. The first-order valence-electron chi connectivity index (χ1n) is 5.47. The minimum Gasteiger partial charge on any atom is -0.384 e. The third kappa shape index (κ3) is 3.39. The van der Waals surface area contributed by atoms with Crippen LogP contribution in [0, 0.1) is 0 Å². The number of anilines is 1. The van der Waals surface area contributed by atoms with E-state index in [-0.39, 0.29) is 4.90 Å². The highest BCUT2D eigenvalue weighted by Crippen LogP contribution is 2.23. The molecule has 7 heteroatoms. The zero-order valence-corrected chi connectivity index (χ0v) is 11.0. The van der Waals surface area contributed by atoms with Crippen molar-refractivity contribution in [2.75, 3.05) is 25.5 Å². The van der Waals surface area contributed by atoms with E-state index in [0.717, 1.165) is 7.05 Å². The van der Waals surface area contributed by atoms with E-state index in [9.17, 15) is 17.2 Å². The van der Waals surface area contributed by atoms with Crippen molar-refractivity contribution in [3.63, 3.8) is 0 Å². The normalized spacial score (nSPS) is 12.1. The van der Waals surface area contributed by atoms with Crippen molar-refractivity contribution >= 4 is 15.7 Å². The maximum atomic E-state index is 12.3. The summed E-state index contributed by atoms with van der Waals surface area (Å²) >= 11 is 0. The van der Waals surface area contributed by atoms with E-state index < -0.39 is 23.0 Å². The first kappa shape index (κ1) is 14.8. The van der Waals surface area contributed by atoms with E-state index in [4.69, 9.17) is 0 Å². The van der Waals surface area contributed by atoms with Gasteiger partial charge >= 0.3 is 0 Å². The van der Waals surface area contributed by atoms with Gasteiger partial charge in [0.1, 0.15) is 4.90 Å². The fourth-order valence-electron chi connectivity index (χ4n) is 1.49. The molecule has 1 aromatic carbocycles. The average molecular weight is 278 g/mol. The lowest BCUT2D eigenvalue weighted by atomic mass is 10.3. The lowest BCUT2D eigenvalue weighted by Gasteiger charge is -2.19. The Kier molecular flexibility index (Phi) is 5.03. The van der Waals surface area contributed by atoms with Gasteiger partial charge in [0.15, 0.2) is 0 Å². The van der Waals surface area contributed by atoms with E-state index in [2.05, 4.69) is 5.32 Å². The van der Waals surface area contributed by atoms with Crippen LogP contribution >= 0.6 is 0 Å². The van der Waals surface area contributed by atoms with Crippen LogP contribution in [0.3, 0.4) is 0 Å². The van der Waals surface area contributed by atoms with E-state index in [1.807, 2.05) is 6.92 Å². The van der Waals surface area contributed by atoms with Gasteiger partial charge in [-0.2, -0.15) is 4.31 Å². The quantitative estimate of drug-likeness (QED) is 0.866. The van der Waals surface area contributed by atoms with Crippen molar-refractivity contribution in [2.45, 2.75) is 18.2 Å². The Hall–Kier alpha value is -1.21. The second-order valence-corrected chi connectivity index (χ2v) is 5.72. The molecule has 1 N–H and O–H groups in total. The summed E-state index contributed by atoms with van der Waals surface area (Å²) in [5.41, 5.74) is 0.418. The lowest BCUT2D eigenvalue weighted by Crippen LogP contribution is -2.31.